The molecule has 24 heavy (non-hydrogen) atoms. The number of Topliss-reactive ketones (excluding diaryl/α,β-unsaturated/α-hetero) is 1. The molecule has 120 valence electrons. The molecule has 0 spiro atoms. The van der Waals surface area contributed by atoms with Gasteiger partial charge in [-0.3, -0.25) is 4.79 Å². The van der Waals surface area contributed by atoms with Crippen LogP contribution in [0, 0.1) is 0 Å². The number of carbonyl (C=O) groups is 1. The van der Waals surface area contributed by atoms with Crippen LogP contribution in [0.25, 0.3) is 0 Å². The normalized spacial score (nSPS) is 10.2. The highest BCUT2D eigenvalue weighted by Crippen LogP contribution is 2.28. The largest absolute Gasteiger partial charge is 0.393 e. The van der Waals surface area contributed by atoms with Gasteiger partial charge in [0.1, 0.15) is 12.0 Å². The van der Waals surface area contributed by atoms with Crippen molar-refractivity contribution in [3.8, 4) is 0 Å². The van der Waals surface area contributed by atoms with E-state index in [4.69, 9.17) is 5.73 Å². The molecule has 0 aliphatic carbocycles. The summed E-state index contributed by atoms with van der Waals surface area (Å²) in [7, 11) is 0. The van der Waals surface area contributed by atoms with E-state index in [1.54, 1.807) is 12.1 Å². The smallest absolute Gasteiger partial charge is 0.159 e. The summed E-state index contributed by atoms with van der Waals surface area (Å²) in [5.74, 6) is 1.05. The second-order valence-corrected chi connectivity index (χ2v) is 5.23. The highest BCUT2D eigenvalue weighted by Gasteiger charge is 2.09. The van der Waals surface area contributed by atoms with Crippen LogP contribution in [-0.2, 0) is 0 Å². The maximum absolute atomic E-state index is 11.3. The number of benzene rings is 2. The molecule has 3 aromatic rings. The van der Waals surface area contributed by atoms with Gasteiger partial charge >= 0.3 is 0 Å². The van der Waals surface area contributed by atoms with Crippen molar-refractivity contribution in [3.05, 3.63) is 66.5 Å². The molecule has 0 fully saturated rings. The third kappa shape index (κ3) is 3.49. The number of hydrogen-bond donors (Lipinski definition) is 3. The van der Waals surface area contributed by atoms with Gasteiger partial charge in [0.2, 0.25) is 0 Å². The Morgan fingerprint density at radius 2 is 1.42 bits per heavy atom. The number of ketones is 1. The van der Waals surface area contributed by atoms with Crippen LogP contribution >= 0.6 is 0 Å². The topological polar surface area (TPSA) is 92.9 Å². The minimum atomic E-state index is 0.0254. The van der Waals surface area contributed by atoms with Crippen molar-refractivity contribution >= 4 is 34.5 Å². The third-order valence-electron chi connectivity index (χ3n) is 3.47. The van der Waals surface area contributed by atoms with E-state index in [1.165, 1.54) is 13.3 Å². The molecule has 0 aliphatic rings. The average molecular weight is 319 g/mol. The first-order chi connectivity index (χ1) is 11.6. The van der Waals surface area contributed by atoms with Crippen molar-refractivity contribution in [2.45, 2.75) is 6.92 Å². The zero-order valence-corrected chi connectivity index (χ0v) is 13.2. The molecule has 4 N–H and O–H groups in total. The summed E-state index contributed by atoms with van der Waals surface area (Å²) in [6, 6.07) is 16.8. The minimum Gasteiger partial charge on any atom is -0.393 e. The van der Waals surface area contributed by atoms with Gasteiger partial charge in [0.05, 0.1) is 0 Å². The van der Waals surface area contributed by atoms with E-state index >= 15 is 0 Å². The van der Waals surface area contributed by atoms with Gasteiger partial charge in [-0.25, -0.2) is 9.97 Å². The van der Waals surface area contributed by atoms with E-state index < -0.39 is 0 Å². The minimum absolute atomic E-state index is 0.0254. The van der Waals surface area contributed by atoms with Gasteiger partial charge in [-0.15, -0.1) is 0 Å². The summed E-state index contributed by atoms with van der Waals surface area (Å²) < 4.78 is 0. The molecule has 2 aromatic carbocycles. The maximum atomic E-state index is 11.3. The monoisotopic (exact) mass is 319 g/mol. The summed E-state index contributed by atoms with van der Waals surface area (Å²) in [5, 5.41) is 6.30. The molecule has 0 atom stereocenters. The van der Waals surface area contributed by atoms with Gasteiger partial charge in [-0.05, 0) is 43.3 Å². The molecule has 6 nitrogen and oxygen atoms in total. The number of para-hydroxylation sites is 1. The molecule has 3 rings (SSSR count). The number of nitrogens with two attached hydrogens (primary N) is 1. The lowest BCUT2D eigenvalue weighted by Crippen LogP contribution is -2.05. The third-order valence-corrected chi connectivity index (χ3v) is 3.47. The average Bonchev–Trinajstić information content (AvgIpc) is 2.60. The van der Waals surface area contributed by atoms with E-state index in [9.17, 15) is 4.79 Å². The SMILES string of the molecule is CC(=O)c1ccc(Nc2ncnc(Nc3ccccc3)c2N)cc1. The summed E-state index contributed by atoms with van der Waals surface area (Å²) in [6.45, 7) is 1.53. The van der Waals surface area contributed by atoms with Crippen molar-refractivity contribution in [3.63, 3.8) is 0 Å². The lowest BCUT2D eigenvalue weighted by molar-refractivity contribution is 0.101. The van der Waals surface area contributed by atoms with Crippen molar-refractivity contribution in [1.82, 2.24) is 9.97 Å². The molecule has 0 unspecified atom stereocenters. The second-order valence-electron chi connectivity index (χ2n) is 5.23. The standard InChI is InChI=1S/C18H17N5O/c1-12(24)13-7-9-15(10-8-13)23-18-16(19)17(20-11-21-18)22-14-5-3-2-4-6-14/h2-11H,19H2,1H3,(H2,20,21,22,23). The number of hydrogen-bond acceptors (Lipinski definition) is 6. The molecule has 0 saturated carbocycles. The Balaban J connectivity index is 1.81. The first-order valence-corrected chi connectivity index (χ1v) is 7.44. The summed E-state index contributed by atoms with van der Waals surface area (Å²) in [6.07, 6.45) is 1.44. The van der Waals surface area contributed by atoms with Gasteiger partial charge in [0.25, 0.3) is 0 Å². The molecule has 0 bridgehead atoms. The highest BCUT2D eigenvalue weighted by molar-refractivity contribution is 5.94. The Bertz CT molecular complexity index is 847. The predicted molar refractivity (Wildman–Crippen MR) is 95.9 cm³/mol. The predicted octanol–water partition coefficient (Wildman–Crippen LogP) is 3.75. The van der Waals surface area contributed by atoms with E-state index in [1.807, 2.05) is 42.5 Å². The zero-order valence-electron chi connectivity index (χ0n) is 13.2. The number of rotatable bonds is 5. The van der Waals surface area contributed by atoms with Crippen LogP contribution in [0.3, 0.4) is 0 Å². The number of aromatic nitrogens is 2. The molecule has 1 heterocycles. The molecule has 0 amide bonds. The Kier molecular flexibility index (Phi) is 4.38. The first-order valence-electron chi connectivity index (χ1n) is 7.44. The van der Waals surface area contributed by atoms with Crippen molar-refractivity contribution < 1.29 is 4.79 Å². The van der Waals surface area contributed by atoms with E-state index in [0.29, 0.717) is 22.9 Å². The Morgan fingerprint density at radius 1 is 0.875 bits per heavy atom. The zero-order chi connectivity index (χ0) is 16.9. The fourth-order valence-electron chi connectivity index (χ4n) is 2.18. The van der Waals surface area contributed by atoms with Crippen molar-refractivity contribution in [1.29, 1.82) is 0 Å². The number of nitrogens with one attached hydrogen (secondary N) is 2. The summed E-state index contributed by atoms with van der Waals surface area (Å²) in [5.41, 5.74) is 8.90. The van der Waals surface area contributed by atoms with Crippen molar-refractivity contribution in [2.24, 2.45) is 0 Å². The van der Waals surface area contributed by atoms with Crippen LogP contribution in [0.4, 0.5) is 28.7 Å². The molecular formula is C18H17N5O. The fourth-order valence-corrected chi connectivity index (χ4v) is 2.18. The lowest BCUT2D eigenvalue weighted by atomic mass is 10.1. The molecule has 0 aliphatic heterocycles. The number of nitrogens with zero attached hydrogens (tertiary/aromatic N) is 2. The number of nitrogen functional groups attached to an aromatic ring is 1. The van der Waals surface area contributed by atoms with Crippen LogP contribution in [-0.4, -0.2) is 15.8 Å². The lowest BCUT2D eigenvalue weighted by Gasteiger charge is -2.12. The van der Waals surface area contributed by atoms with Crippen LogP contribution in [0.2, 0.25) is 0 Å². The van der Waals surface area contributed by atoms with E-state index in [2.05, 4.69) is 20.6 Å². The maximum Gasteiger partial charge on any atom is 0.159 e. The van der Waals surface area contributed by atoms with Crippen molar-refractivity contribution in [2.75, 3.05) is 16.4 Å². The Morgan fingerprint density at radius 3 is 1.96 bits per heavy atom. The van der Waals surface area contributed by atoms with Crippen LogP contribution in [0.5, 0.6) is 0 Å². The van der Waals surface area contributed by atoms with Crippen LogP contribution in [0.15, 0.2) is 60.9 Å². The molecule has 6 heteroatoms. The number of carbonyl (C=O) groups excluding carboxylic acids is 1. The summed E-state index contributed by atoms with van der Waals surface area (Å²) in [4.78, 5) is 19.7. The van der Waals surface area contributed by atoms with Gasteiger partial charge in [-0.1, -0.05) is 18.2 Å². The van der Waals surface area contributed by atoms with E-state index in [0.717, 1.165) is 11.4 Å². The van der Waals surface area contributed by atoms with Crippen LogP contribution < -0.4 is 16.4 Å². The summed E-state index contributed by atoms with van der Waals surface area (Å²) >= 11 is 0. The molecule has 1 aromatic heterocycles. The second kappa shape index (κ2) is 6.78. The van der Waals surface area contributed by atoms with Crippen LogP contribution in [0.1, 0.15) is 17.3 Å². The van der Waals surface area contributed by atoms with Gasteiger partial charge in [0, 0.05) is 16.9 Å². The quantitative estimate of drug-likeness (QED) is 0.620. The van der Waals surface area contributed by atoms with Gasteiger partial charge in [0.15, 0.2) is 17.4 Å². The molecular weight excluding hydrogens is 302 g/mol. The number of anilines is 5. The Labute approximate surface area is 139 Å². The highest BCUT2D eigenvalue weighted by atomic mass is 16.1. The fraction of sp³-hybridized carbons (Fsp3) is 0.0556. The Hall–Kier alpha value is -3.41. The molecule has 0 radical (unpaired) electrons. The van der Waals surface area contributed by atoms with Gasteiger partial charge < -0.3 is 16.4 Å². The molecule has 0 saturated heterocycles. The van der Waals surface area contributed by atoms with Gasteiger partial charge in [-0.2, -0.15) is 0 Å². The first kappa shape index (κ1) is 15.5. The van der Waals surface area contributed by atoms with E-state index in [-0.39, 0.29) is 5.78 Å².